The van der Waals surface area contributed by atoms with Gasteiger partial charge in [0.1, 0.15) is 5.82 Å². The van der Waals surface area contributed by atoms with Crippen molar-refractivity contribution in [3.8, 4) is 0 Å². The molecule has 0 amide bonds. The Bertz CT molecular complexity index is 849. The SMILES string of the molecule is CCNC(=NCCCn1nc2n(c1=O)CCCC2)N(C)Cc1ccc(C)cc1. The Hall–Kier alpha value is -2.57. The summed E-state index contributed by atoms with van der Waals surface area (Å²) in [5, 5.41) is 7.85. The Labute approximate surface area is 167 Å². The molecule has 0 radical (unpaired) electrons. The second kappa shape index (κ2) is 9.57. The summed E-state index contributed by atoms with van der Waals surface area (Å²) in [6.45, 7) is 7.88. The highest BCUT2D eigenvalue weighted by Gasteiger charge is 2.16. The molecule has 1 aromatic carbocycles. The summed E-state index contributed by atoms with van der Waals surface area (Å²) >= 11 is 0. The van der Waals surface area contributed by atoms with E-state index in [-0.39, 0.29) is 5.69 Å². The lowest BCUT2D eigenvalue weighted by Gasteiger charge is -2.22. The van der Waals surface area contributed by atoms with E-state index in [9.17, 15) is 4.79 Å². The average Bonchev–Trinajstić information content (AvgIpc) is 3.02. The molecule has 1 aromatic heterocycles. The van der Waals surface area contributed by atoms with Gasteiger partial charge in [-0.15, -0.1) is 0 Å². The lowest BCUT2D eigenvalue weighted by atomic mass is 10.1. The predicted octanol–water partition coefficient (Wildman–Crippen LogP) is 2.18. The monoisotopic (exact) mass is 384 g/mol. The van der Waals surface area contributed by atoms with Crippen molar-refractivity contribution in [2.75, 3.05) is 20.1 Å². The zero-order valence-electron chi connectivity index (χ0n) is 17.3. The van der Waals surface area contributed by atoms with Crippen LogP contribution in [0.1, 0.15) is 43.1 Å². The van der Waals surface area contributed by atoms with Gasteiger partial charge in [0, 0.05) is 46.2 Å². The Morgan fingerprint density at radius 3 is 2.79 bits per heavy atom. The van der Waals surface area contributed by atoms with E-state index < -0.39 is 0 Å². The maximum Gasteiger partial charge on any atom is 0.345 e. The van der Waals surface area contributed by atoms with Crippen LogP contribution in [0.3, 0.4) is 0 Å². The standard InChI is InChI=1S/C21H32N6O/c1-4-22-20(25(3)16-18-11-9-17(2)10-12-18)23-13-7-15-27-21(28)26-14-6-5-8-19(26)24-27/h9-12H,4-8,13-16H2,1-3H3,(H,22,23). The van der Waals surface area contributed by atoms with Crippen LogP contribution in [0.4, 0.5) is 0 Å². The fraction of sp³-hybridized carbons (Fsp3) is 0.571. The molecule has 2 aromatic rings. The van der Waals surface area contributed by atoms with Gasteiger partial charge in [0.25, 0.3) is 0 Å². The van der Waals surface area contributed by atoms with Crippen LogP contribution in [0.15, 0.2) is 34.1 Å². The van der Waals surface area contributed by atoms with Crippen molar-refractivity contribution >= 4 is 5.96 Å². The first-order valence-corrected chi connectivity index (χ1v) is 10.3. The molecule has 1 N–H and O–H groups in total. The van der Waals surface area contributed by atoms with Gasteiger partial charge in [0.15, 0.2) is 5.96 Å². The van der Waals surface area contributed by atoms with Crippen molar-refractivity contribution in [3.63, 3.8) is 0 Å². The molecule has 28 heavy (non-hydrogen) atoms. The molecule has 0 spiro atoms. The van der Waals surface area contributed by atoms with E-state index in [0.29, 0.717) is 13.1 Å². The van der Waals surface area contributed by atoms with Gasteiger partial charge < -0.3 is 10.2 Å². The predicted molar refractivity (Wildman–Crippen MR) is 113 cm³/mol. The number of hydrogen-bond acceptors (Lipinski definition) is 3. The first-order chi connectivity index (χ1) is 13.6. The fourth-order valence-corrected chi connectivity index (χ4v) is 3.51. The molecule has 7 heteroatoms. The molecule has 1 aliphatic heterocycles. The van der Waals surface area contributed by atoms with Gasteiger partial charge in [-0.1, -0.05) is 29.8 Å². The molecular formula is C21H32N6O. The summed E-state index contributed by atoms with van der Waals surface area (Å²) in [7, 11) is 2.05. The van der Waals surface area contributed by atoms with Crippen molar-refractivity contribution in [1.29, 1.82) is 0 Å². The van der Waals surface area contributed by atoms with Crippen LogP contribution in [0, 0.1) is 6.92 Å². The van der Waals surface area contributed by atoms with E-state index in [0.717, 1.165) is 57.1 Å². The van der Waals surface area contributed by atoms with Crippen LogP contribution in [0.2, 0.25) is 0 Å². The highest BCUT2D eigenvalue weighted by Crippen LogP contribution is 2.09. The number of rotatable bonds is 7. The van der Waals surface area contributed by atoms with Crippen LogP contribution in [-0.4, -0.2) is 45.3 Å². The van der Waals surface area contributed by atoms with Gasteiger partial charge in [-0.2, -0.15) is 5.10 Å². The molecule has 152 valence electrons. The van der Waals surface area contributed by atoms with Crippen LogP contribution in [0.25, 0.3) is 0 Å². The Balaban J connectivity index is 1.56. The normalized spacial score (nSPS) is 14.0. The van der Waals surface area contributed by atoms with Gasteiger partial charge >= 0.3 is 5.69 Å². The largest absolute Gasteiger partial charge is 0.357 e. The number of guanidine groups is 1. The molecule has 0 saturated carbocycles. The van der Waals surface area contributed by atoms with E-state index in [1.54, 1.807) is 4.68 Å². The molecule has 3 rings (SSSR count). The molecule has 1 aliphatic rings. The molecule has 0 saturated heterocycles. The number of aromatic nitrogens is 3. The fourth-order valence-electron chi connectivity index (χ4n) is 3.51. The molecule has 0 unspecified atom stereocenters. The van der Waals surface area contributed by atoms with E-state index >= 15 is 0 Å². The maximum atomic E-state index is 12.4. The molecule has 0 fully saturated rings. The summed E-state index contributed by atoms with van der Waals surface area (Å²) in [6.07, 6.45) is 3.90. The molecular weight excluding hydrogens is 352 g/mol. The summed E-state index contributed by atoms with van der Waals surface area (Å²) in [4.78, 5) is 19.3. The lowest BCUT2D eigenvalue weighted by molar-refractivity contribution is 0.474. The second-order valence-electron chi connectivity index (χ2n) is 7.46. The third-order valence-corrected chi connectivity index (χ3v) is 5.06. The second-order valence-corrected chi connectivity index (χ2v) is 7.46. The van der Waals surface area contributed by atoms with Gasteiger partial charge in [-0.05, 0) is 38.7 Å². The smallest absolute Gasteiger partial charge is 0.345 e. The van der Waals surface area contributed by atoms with Gasteiger partial charge in [-0.3, -0.25) is 9.56 Å². The van der Waals surface area contributed by atoms with E-state index in [2.05, 4.69) is 60.5 Å². The number of aliphatic imine (C=N–C) groups is 1. The number of nitrogens with zero attached hydrogens (tertiary/aromatic N) is 5. The summed E-state index contributed by atoms with van der Waals surface area (Å²) in [6, 6.07) is 8.58. The van der Waals surface area contributed by atoms with Crippen molar-refractivity contribution in [3.05, 3.63) is 51.7 Å². The Kier molecular flexibility index (Phi) is 6.90. The quantitative estimate of drug-likeness (QED) is 0.451. The molecule has 0 bridgehead atoms. The first kappa shape index (κ1) is 20.2. The van der Waals surface area contributed by atoms with Crippen LogP contribution >= 0.6 is 0 Å². The van der Waals surface area contributed by atoms with Crippen LogP contribution < -0.4 is 11.0 Å². The van der Waals surface area contributed by atoms with E-state index in [1.165, 1.54) is 11.1 Å². The summed E-state index contributed by atoms with van der Waals surface area (Å²) < 4.78 is 3.44. The number of benzene rings is 1. The molecule has 0 aliphatic carbocycles. The van der Waals surface area contributed by atoms with Crippen molar-refractivity contribution < 1.29 is 0 Å². The van der Waals surface area contributed by atoms with E-state index in [4.69, 9.17) is 4.99 Å². The molecule has 2 heterocycles. The number of nitrogens with one attached hydrogen (secondary N) is 1. The maximum absolute atomic E-state index is 12.4. The van der Waals surface area contributed by atoms with Gasteiger partial charge in [0.05, 0.1) is 0 Å². The third kappa shape index (κ3) is 5.03. The highest BCUT2D eigenvalue weighted by atomic mass is 16.2. The minimum atomic E-state index is 0.0297. The average molecular weight is 385 g/mol. The minimum Gasteiger partial charge on any atom is -0.357 e. The minimum absolute atomic E-state index is 0.0297. The van der Waals surface area contributed by atoms with Crippen LogP contribution in [-0.2, 0) is 26.1 Å². The summed E-state index contributed by atoms with van der Waals surface area (Å²) in [5.74, 6) is 1.82. The number of hydrogen-bond donors (Lipinski definition) is 1. The Morgan fingerprint density at radius 2 is 2.07 bits per heavy atom. The van der Waals surface area contributed by atoms with Gasteiger partial charge in [-0.25, -0.2) is 9.48 Å². The zero-order valence-corrected chi connectivity index (χ0v) is 17.3. The van der Waals surface area contributed by atoms with Crippen molar-refractivity contribution in [2.24, 2.45) is 4.99 Å². The lowest BCUT2D eigenvalue weighted by Crippen LogP contribution is -2.38. The zero-order chi connectivity index (χ0) is 19.9. The Morgan fingerprint density at radius 1 is 1.29 bits per heavy atom. The van der Waals surface area contributed by atoms with Crippen molar-refractivity contribution in [2.45, 2.75) is 59.2 Å². The molecule has 0 atom stereocenters. The highest BCUT2D eigenvalue weighted by molar-refractivity contribution is 5.79. The first-order valence-electron chi connectivity index (χ1n) is 10.3. The molecule has 7 nitrogen and oxygen atoms in total. The van der Waals surface area contributed by atoms with Gasteiger partial charge in [0.2, 0.25) is 0 Å². The van der Waals surface area contributed by atoms with Crippen LogP contribution in [0.5, 0.6) is 0 Å². The topological polar surface area (TPSA) is 67.5 Å². The number of aryl methyl sites for hydroxylation is 3. The summed E-state index contributed by atoms with van der Waals surface area (Å²) in [5.41, 5.74) is 2.55. The number of fused-ring (bicyclic) bond motifs is 1. The third-order valence-electron chi connectivity index (χ3n) is 5.06. The van der Waals surface area contributed by atoms with E-state index in [1.807, 2.05) is 4.57 Å². The van der Waals surface area contributed by atoms with Crippen molar-refractivity contribution in [1.82, 2.24) is 24.6 Å².